The van der Waals surface area contributed by atoms with E-state index < -0.39 is 0 Å². The summed E-state index contributed by atoms with van der Waals surface area (Å²) in [6.07, 6.45) is 0. The smallest absolute Gasteiger partial charge is 0.0184 e. The van der Waals surface area contributed by atoms with E-state index in [1.54, 1.807) is 0 Å². The lowest BCUT2D eigenvalue weighted by Crippen LogP contribution is -1.78. The van der Waals surface area contributed by atoms with Crippen LogP contribution in [0.4, 0.5) is 0 Å². The lowest BCUT2D eigenvalue weighted by molar-refractivity contribution is 1.32. The number of fused-ring (bicyclic) bond motifs is 1. The molecule has 4 rings (SSSR count). The zero-order chi connectivity index (χ0) is 20.5. The van der Waals surface area contributed by atoms with Crippen molar-refractivity contribution in [2.75, 3.05) is 0 Å². The van der Waals surface area contributed by atoms with Crippen molar-refractivity contribution in [2.45, 2.75) is 41.5 Å². The summed E-state index contributed by atoms with van der Waals surface area (Å²) < 4.78 is 0. The van der Waals surface area contributed by atoms with Gasteiger partial charge in [-0.1, -0.05) is 118 Å². The van der Waals surface area contributed by atoms with Crippen molar-refractivity contribution in [3.63, 3.8) is 0 Å². The molecule has 0 unspecified atom stereocenters. The highest BCUT2D eigenvalue weighted by Crippen LogP contribution is 2.11. The first-order valence-corrected chi connectivity index (χ1v) is 9.87. The Morgan fingerprint density at radius 1 is 0.321 bits per heavy atom. The van der Waals surface area contributed by atoms with Crippen molar-refractivity contribution < 1.29 is 0 Å². The monoisotopic (exact) mass is 368 g/mol. The van der Waals surface area contributed by atoms with Crippen molar-refractivity contribution >= 4 is 10.8 Å². The Kier molecular flexibility index (Phi) is 8.02. The Morgan fingerprint density at radius 2 is 0.500 bits per heavy atom. The molecule has 0 aromatic heterocycles. The summed E-state index contributed by atoms with van der Waals surface area (Å²) in [7, 11) is 0. The van der Waals surface area contributed by atoms with Gasteiger partial charge in [0.2, 0.25) is 0 Å². The predicted molar refractivity (Wildman–Crippen MR) is 125 cm³/mol. The quantitative estimate of drug-likeness (QED) is 0.294. The van der Waals surface area contributed by atoms with E-state index in [4.69, 9.17) is 0 Å². The summed E-state index contributed by atoms with van der Waals surface area (Å²) in [5.41, 5.74) is 8.13. The first kappa shape index (κ1) is 21.4. The molecular formula is C28H32. The van der Waals surface area contributed by atoms with Gasteiger partial charge < -0.3 is 0 Å². The van der Waals surface area contributed by atoms with Gasteiger partial charge in [-0.2, -0.15) is 0 Å². The highest BCUT2D eigenvalue weighted by Gasteiger charge is 1.88. The highest BCUT2D eigenvalue weighted by molar-refractivity contribution is 5.82. The molecule has 0 nitrogen and oxygen atoms in total. The van der Waals surface area contributed by atoms with E-state index in [0.717, 1.165) is 0 Å². The van der Waals surface area contributed by atoms with Gasteiger partial charge in [-0.05, 0) is 52.3 Å². The van der Waals surface area contributed by atoms with Gasteiger partial charge in [0.25, 0.3) is 0 Å². The average molecular weight is 369 g/mol. The Balaban J connectivity index is 0.000000151. The Bertz CT molecular complexity index is 809. The summed E-state index contributed by atoms with van der Waals surface area (Å²) in [5.74, 6) is 0. The molecule has 0 bridgehead atoms. The first-order chi connectivity index (χ1) is 13.3. The third kappa shape index (κ3) is 7.40. The average Bonchev–Trinajstić information content (AvgIpc) is 2.60. The molecule has 0 aliphatic heterocycles. The van der Waals surface area contributed by atoms with Gasteiger partial charge in [-0.25, -0.2) is 0 Å². The van der Waals surface area contributed by atoms with Gasteiger partial charge in [0.15, 0.2) is 0 Å². The molecule has 0 N–H and O–H groups in total. The number of rotatable bonds is 0. The van der Waals surface area contributed by atoms with Gasteiger partial charge in [-0.15, -0.1) is 0 Å². The Morgan fingerprint density at radius 3 is 0.679 bits per heavy atom. The van der Waals surface area contributed by atoms with Gasteiger partial charge >= 0.3 is 0 Å². The standard InChI is InChI=1S/C10H8.2C9H12/c1-2-6-10-8-4-3-7-9(10)5-1;2*1-7-4-8(2)6-9(3)5-7/h1-8H;2*4-6H,1-3H3. The van der Waals surface area contributed by atoms with Crippen LogP contribution in [0.5, 0.6) is 0 Å². The van der Waals surface area contributed by atoms with Crippen LogP contribution >= 0.6 is 0 Å². The van der Waals surface area contributed by atoms with Crippen molar-refractivity contribution in [1.29, 1.82) is 0 Å². The molecule has 144 valence electrons. The number of benzene rings is 4. The third-order valence-corrected chi connectivity index (χ3v) is 4.39. The van der Waals surface area contributed by atoms with Crippen molar-refractivity contribution in [3.05, 3.63) is 118 Å². The fourth-order valence-electron chi connectivity index (χ4n) is 3.54. The van der Waals surface area contributed by atoms with Crippen LogP contribution in [0.2, 0.25) is 0 Å². The summed E-state index contributed by atoms with van der Waals surface area (Å²) in [4.78, 5) is 0. The maximum absolute atomic E-state index is 2.19. The molecule has 0 saturated heterocycles. The molecule has 0 amide bonds. The topological polar surface area (TPSA) is 0 Å². The molecule has 0 heteroatoms. The molecule has 0 spiro atoms. The van der Waals surface area contributed by atoms with Crippen LogP contribution in [-0.2, 0) is 0 Å². The minimum absolute atomic E-state index is 1.31. The first-order valence-electron chi connectivity index (χ1n) is 9.87. The summed E-state index contributed by atoms with van der Waals surface area (Å²) >= 11 is 0. The van der Waals surface area contributed by atoms with Gasteiger partial charge in [0.05, 0.1) is 0 Å². The molecule has 0 saturated carbocycles. The van der Waals surface area contributed by atoms with E-state index in [-0.39, 0.29) is 0 Å². The van der Waals surface area contributed by atoms with Crippen LogP contribution < -0.4 is 0 Å². The molecule has 0 aliphatic rings. The van der Waals surface area contributed by atoms with E-state index in [9.17, 15) is 0 Å². The fourth-order valence-corrected chi connectivity index (χ4v) is 3.54. The molecule has 28 heavy (non-hydrogen) atoms. The molecular weight excluding hydrogens is 336 g/mol. The van der Waals surface area contributed by atoms with E-state index >= 15 is 0 Å². The summed E-state index contributed by atoms with van der Waals surface area (Å²) in [6, 6.07) is 29.8. The fraction of sp³-hybridized carbons (Fsp3) is 0.214. The van der Waals surface area contributed by atoms with Crippen LogP contribution in [0.25, 0.3) is 10.8 Å². The van der Waals surface area contributed by atoms with Gasteiger partial charge in [0, 0.05) is 0 Å². The summed E-state index contributed by atoms with van der Waals surface area (Å²) in [6.45, 7) is 12.8. The van der Waals surface area contributed by atoms with E-state index in [1.807, 2.05) is 0 Å². The minimum atomic E-state index is 1.31. The normalized spacial score (nSPS) is 9.79. The van der Waals surface area contributed by atoms with Crippen LogP contribution in [0.15, 0.2) is 84.9 Å². The largest absolute Gasteiger partial charge is 0.0616 e. The molecule has 0 heterocycles. The Hall–Kier alpha value is -2.86. The molecule has 4 aromatic carbocycles. The van der Waals surface area contributed by atoms with Gasteiger partial charge in [0.1, 0.15) is 0 Å². The second kappa shape index (κ2) is 10.5. The highest BCUT2D eigenvalue weighted by atomic mass is 13.9. The molecule has 4 aromatic rings. The molecule has 0 aliphatic carbocycles. The molecule has 0 atom stereocenters. The van der Waals surface area contributed by atoms with E-state index in [2.05, 4.69) is 126 Å². The third-order valence-electron chi connectivity index (χ3n) is 4.39. The van der Waals surface area contributed by atoms with Crippen molar-refractivity contribution in [2.24, 2.45) is 0 Å². The van der Waals surface area contributed by atoms with Crippen molar-refractivity contribution in [1.82, 2.24) is 0 Å². The summed E-state index contributed by atoms with van der Waals surface area (Å²) in [5, 5.41) is 2.62. The zero-order valence-corrected chi connectivity index (χ0v) is 18.1. The lowest BCUT2D eigenvalue weighted by Gasteiger charge is -1.96. The van der Waals surface area contributed by atoms with Crippen LogP contribution in [-0.4, -0.2) is 0 Å². The predicted octanol–water partition coefficient (Wildman–Crippen LogP) is 8.06. The zero-order valence-electron chi connectivity index (χ0n) is 18.1. The second-order valence-corrected chi connectivity index (χ2v) is 7.68. The van der Waals surface area contributed by atoms with Crippen LogP contribution in [0, 0.1) is 41.5 Å². The SMILES string of the molecule is Cc1cc(C)cc(C)c1.Cc1cc(C)cc(C)c1.c1ccc2ccccc2c1. The van der Waals surface area contributed by atoms with E-state index in [1.165, 1.54) is 44.2 Å². The lowest BCUT2D eigenvalue weighted by atomic mass is 10.1. The number of hydrogen-bond donors (Lipinski definition) is 0. The van der Waals surface area contributed by atoms with E-state index in [0.29, 0.717) is 0 Å². The minimum Gasteiger partial charge on any atom is -0.0616 e. The van der Waals surface area contributed by atoms with Crippen LogP contribution in [0.1, 0.15) is 33.4 Å². The van der Waals surface area contributed by atoms with Crippen molar-refractivity contribution in [3.8, 4) is 0 Å². The van der Waals surface area contributed by atoms with Gasteiger partial charge in [-0.3, -0.25) is 0 Å². The Labute approximate surface area is 170 Å². The van der Waals surface area contributed by atoms with Crippen LogP contribution in [0.3, 0.4) is 0 Å². The molecule has 0 fully saturated rings. The maximum atomic E-state index is 2.19. The number of aryl methyl sites for hydroxylation is 6. The number of hydrogen-bond acceptors (Lipinski definition) is 0. The molecule has 0 radical (unpaired) electrons. The second-order valence-electron chi connectivity index (χ2n) is 7.68. The maximum Gasteiger partial charge on any atom is -0.0184 e.